The van der Waals surface area contributed by atoms with Crippen LogP contribution in [0.4, 0.5) is 5.82 Å². The maximum absolute atomic E-state index is 9.41. The fraction of sp³-hybridized carbons (Fsp3) is 0.500. The summed E-state index contributed by atoms with van der Waals surface area (Å²) in [5.74, 6) is 0.795. The lowest BCUT2D eigenvalue weighted by molar-refractivity contribution is 0.198. The molecule has 0 bridgehead atoms. The van der Waals surface area contributed by atoms with Gasteiger partial charge in [-0.3, -0.25) is 0 Å². The Bertz CT molecular complexity index is 343. The van der Waals surface area contributed by atoms with E-state index in [1.807, 2.05) is 17.9 Å². The topological polar surface area (TPSA) is 36.4 Å². The highest BCUT2D eigenvalue weighted by Gasteiger charge is 2.23. The van der Waals surface area contributed by atoms with E-state index in [2.05, 4.69) is 4.98 Å². The predicted molar refractivity (Wildman–Crippen MR) is 56.8 cm³/mol. The minimum Gasteiger partial charge on any atom is -0.391 e. The van der Waals surface area contributed by atoms with Gasteiger partial charge >= 0.3 is 0 Å². The number of aliphatic hydroxyl groups excluding tert-OH is 1. The summed E-state index contributed by atoms with van der Waals surface area (Å²) in [6.45, 7) is 3.42. The molecule has 0 radical (unpaired) electrons. The minimum absolute atomic E-state index is 0.242. The number of rotatable bonds is 1. The molecule has 1 aliphatic rings. The highest BCUT2D eigenvalue weighted by molar-refractivity contribution is 6.33. The van der Waals surface area contributed by atoms with Gasteiger partial charge in [-0.1, -0.05) is 11.6 Å². The molecule has 0 saturated carbocycles. The number of β-amino-alcohol motifs (C(OH)–C–C–N with tert-alkyl or cyclic N) is 1. The van der Waals surface area contributed by atoms with E-state index in [0.29, 0.717) is 11.6 Å². The van der Waals surface area contributed by atoms with E-state index in [0.717, 1.165) is 24.3 Å². The van der Waals surface area contributed by atoms with Crippen LogP contribution in [-0.2, 0) is 0 Å². The second-order valence-corrected chi connectivity index (χ2v) is 4.03. The van der Waals surface area contributed by atoms with E-state index in [9.17, 15) is 5.11 Å². The van der Waals surface area contributed by atoms with Gasteiger partial charge in [0, 0.05) is 19.3 Å². The van der Waals surface area contributed by atoms with Crippen molar-refractivity contribution in [2.75, 3.05) is 18.0 Å². The number of aryl methyl sites for hydroxylation is 1. The van der Waals surface area contributed by atoms with Crippen molar-refractivity contribution in [3.8, 4) is 0 Å². The Balaban J connectivity index is 2.28. The molecule has 1 atom stereocenters. The normalized spacial score (nSPS) is 21.6. The Morgan fingerprint density at radius 3 is 3.07 bits per heavy atom. The zero-order chi connectivity index (χ0) is 10.1. The first-order valence-electron chi connectivity index (χ1n) is 4.72. The van der Waals surface area contributed by atoms with Crippen molar-refractivity contribution < 1.29 is 5.11 Å². The van der Waals surface area contributed by atoms with Gasteiger partial charge in [0.2, 0.25) is 0 Å². The van der Waals surface area contributed by atoms with E-state index in [1.54, 1.807) is 6.20 Å². The van der Waals surface area contributed by atoms with E-state index >= 15 is 0 Å². The first-order chi connectivity index (χ1) is 6.68. The Hall–Kier alpha value is -0.800. The largest absolute Gasteiger partial charge is 0.391 e. The number of pyridine rings is 1. The number of nitrogens with zero attached hydrogens (tertiary/aromatic N) is 2. The number of anilines is 1. The molecule has 3 nitrogen and oxygen atoms in total. The summed E-state index contributed by atoms with van der Waals surface area (Å²) >= 11 is 6.14. The van der Waals surface area contributed by atoms with E-state index in [1.165, 1.54) is 0 Å². The minimum atomic E-state index is -0.242. The lowest BCUT2D eigenvalue weighted by Gasteiger charge is -2.18. The third-order valence-corrected chi connectivity index (χ3v) is 2.99. The van der Waals surface area contributed by atoms with Gasteiger partial charge in [0.25, 0.3) is 0 Å². The second-order valence-electron chi connectivity index (χ2n) is 3.65. The molecule has 2 rings (SSSR count). The SMILES string of the molecule is Cc1ccnc(N2CCC(O)C2)c1Cl. The highest BCUT2D eigenvalue weighted by atomic mass is 35.5. The van der Waals surface area contributed by atoms with E-state index < -0.39 is 0 Å². The molecule has 1 aromatic heterocycles. The molecule has 1 aromatic rings. The van der Waals surface area contributed by atoms with Gasteiger partial charge in [0.05, 0.1) is 11.1 Å². The van der Waals surface area contributed by atoms with Crippen molar-refractivity contribution in [1.82, 2.24) is 4.98 Å². The molecule has 1 saturated heterocycles. The average Bonchev–Trinajstić information content (AvgIpc) is 2.57. The van der Waals surface area contributed by atoms with Crippen molar-refractivity contribution in [3.05, 3.63) is 22.8 Å². The Morgan fingerprint density at radius 1 is 1.64 bits per heavy atom. The number of aromatic nitrogens is 1. The molecule has 0 aromatic carbocycles. The van der Waals surface area contributed by atoms with Crippen LogP contribution in [0.3, 0.4) is 0 Å². The molecule has 4 heteroatoms. The van der Waals surface area contributed by atoms with Crippen molar-refractivity contribution in [1.29, 1.82) is 0 Å². The van der Waals surface area contributed by atoms with Crippen LogP contribution in [0.1, 0.15) is 12.0 Å². The monoisotopic (exact) mass is 212 g/mol. The standard InChI is InChI=1S/C10H13ClN2O/c1-7-2-4-12-10(9(7)11)13-5-3-8(14)6-13/h2,4,8,14H,3,5-6H2,1H3. The van der Waals surface area contributed by atoms with Crippen LogP contribution in [0.15, 0.2) is 12.3 Å². The van der Waals surface area contributed by atoms with Crippen LogP contribution in [0.25, 0.3) is 0 Å². The fourth-order valence-electron chi connectivity index (χ4n) is 1.68. The summed E-state index contributed by atoms with van der Waals surface area (Å²) < 4.78 is 0. The lowest BCUT2D eigenvalue weighted by atomic mass is 10.3. The molecular weight excluding hydrogens is 200 g/mol. The summed E-state index contributed by atoms with van der Waals surface area (Å²) in [6.07, 6.45) is 2.31. The molecule has 76 valence electrons. The first kappa shape index (κ1) is 9.74. The predicted octanol–water partition coefficient (Wildman–Crippen LogP) is 1.61. The fourth-order valence-corrected chi connectivity index (χ4v) is 1.91. The molecular formula is C10H13ClN2O. The first-order valence-corrected chi connectivity index (χ1v) is 5.10. The summed E-state index contributed by atoms with van der Waals surface area (Å²) in [6, 6.07) is 1.89. The van der Waals surface area contributed by atoms with Crippen LogP contribution in [0, 0.1) is 6.92 Å². The van der Waals surface area contributed by atoms with Gasteiger partial charge in [-0.05, 0) is 25.0 Å². The van der Waals surface area contributed by atoms with Crippen molar-refractivity contribution in [2.24, 2.45) is 0 Å². The second kappa shape index (κ2) is 3.75. The Kier molecular flexibility index (Phi) is 2.61. The van der Waals surface area contributed by atoms with Gasteiger partial charge in [-0.15, -0.1) is 0 Å². The van der Waals surface area contributed by atoms with Crippen molar-refractivity contribution in [2.45, 2.75) is 19.4 Å². The lowest BCUT2D eigenvalue weighted by Crippen LogP contribution is -2.22. The maximum Gasteiger partial charge on any atom is 0.147 e. The van der Waals surface area contributed by atoms with Crippen LogP contribution in [0.5, 0.6) is 0 Å². The van der Waals surface area contributed by atoms with Crippen LogP contribution in [-0.4, -0.2) is 29.3 Å². The molecule has 1 aliphatic heterocycles. The van der Waals surface area contributed by atoms with E-state index in [4.69, 9.17) is 11.6 Å². The molecule has 1 unspecified atom stereocenters. The van der Waals surface area contributed by atoms with Crippen LogP contribution >= 0.6 is 11.6 Å². The number of halogens is 1. The van der Waals surface area contributed by atoms with Crippen LogP contribution in [0.2, 0.25) is 5.02 Å². The third-order valence-electron chi connectivity index (χ3n) is 2.53. The van der Waals surface area contributed by atoms with Crippen molar-refractivity contribution >= 4 is 17.4 Å². The molecule has 0 aliphatic carbocycles. The van der Waals surface area contributed by atoms with E-state index in [-0.39, 0.29) is 6.10 Å². The smallest absolute Gasteiger partial charge is 0.147 e. The summed E-state index contributed by atoms with van der Waals surface area (Å²) in [4.78, 5) is 6.27. The molecule has 14 heavy (non-hydrogen) atoms. The van der Waals surface area contributed by atoms with Gasteiger partial charge in [-0.2, -0.15) is 0 Å². The van der Waals surface area contributed by atoms with Gasteiger partial charge < -0.3 is 10.0 Å². The number of hydrogen-bond acceptors (Lipinski definition) is 3. The molecule has 1 fully saturated rings. The maximum atomic E-state index is 9.41. The Morgan fingerprint density at radius 2 is 2.43 bits per heavy atom. The van der Waals surface area contributed by atoms with Gasteiger partial charge in [0.1, 0.15) is 5.82 Å². The number of aliphatic hydroxyl groups is 1. The number of hydrogen-bond donors (Lipinski definition) is 1. The zero-order valence-corrected chi connectivity index (χ0v) is 8.83. The molecule has 2 heterocycles. The van der Waals surface area contributed by atoms with Crippen LogP contribution < -0.4 is 4.90 Å². The highest BCUT2D eigenvalue weighted by Crippen LogP contribution is 2.28. The summed E-state index contributed by atoms with van der Waals surface area (Å²) in [7, 11) is 0. The quantitative estimate of drug-likeness (QED) is 0.769. The summed E-state index contributed by atoms with van der Waals surface area (Å²) in [5, 5.41) is 10.1. The molecule has 1 N–H and O–H groups in total. The van der Waals surface area contributed by atoms with Crippen molar-refractivity contribution in [3.63, 3.8) is 0 Å². The Labute approximate surface area is 88.3 Å². The van der Waals surface area contributed by atoms with Gasteiger partial charge in [0.15, 0.2) is 0 Å². The zero-order valence-electron chi connectivity index (χ0n) is 8.07. The van der Waals surface area contributed by atoms with Gasteiger partial charge in [-0.25, -0.2) is 4.98 Å². The third kappa shape index (κ3) is 1.70. The molecule has 0 amide bonds. The average molecular weight is 213 g/mol. The molecule has 0 spiro atoms. The summed E-state index contributed by atoms with van der Waals surface area (Å²) in [5.41, 5.74) is 1.03.